The zero-order chi connectivity index (χ0) is 13.0. The number of hydrogen-bond acceptors (Lipinski definition) is 5. The topological polar surface area (TPSA) is 65.7 Å². The van der Waals surface area contributed by atoms with E-state index in [1.807, 2.05) is 13.1 Å². The van der Waals surface area contributed by atoms with Crippen molar-refractivity contribution in [3.05, 3.63) is 12.4 Å². The van der Waals surface area contributed by atoms with Crippen molar-refractivity contribution in [2.75, 3.05) is 20.3 Å². The average molecular weight is 256 g/mol. The van der Waals surface area contributed by atoms with E-state index in [0.717, 1.165) is 6.54 Å². The molecule has 1 N–H and O–H groups in total. The van der Waals surface area contributed by atoms with Gasteiger partial charge in [-0.25, -0.2) is 0 Å². The Bertz CT molecular complexity index is 369. The third kappa shape index (κ3) is 3.01. The van der Waals surface area contributed by atoms with Gasteiger partial charge in [-0.2, -0.15) is 5.10 Å². The Balaban J connectivity index is 1.81. The van der Waals surface area contributed by atoms with E-state index in [1.165, 1.54) is 0 Å². The molecule has 0 aromatic carbocycles. The summed E-state index contributed by atoms with van der Waals surface area (Å²) in [6.07, 6.45) is 3.29. The second-order valence-electron chi connectivity index (χ2n) is 4.32. The summed E-state index contributed by atoms with van der Waals surface area (Å²) in [6, 6.07) is 0. The van der Waals surface area contributed by atoms with Crippen LogP contribution in [0.3, 0.4) is 0 Å². The molecule has 6 heteroatoms. The molecule has 0 amide bonds. The van der Waals surface area contributed by atoms with Crippen molar-refractivity contribution in [2.45, 2.75) is 38.2 Å². The van der Waals surface area contributed by atoms with Gasteiger partial charge in [0.05, 0.1) is 31.7 Å². The molecular formula is C12H20N2O4. The minimum absolute atomic E-state index is 0.105. The summed E-state index contributed by atoms with van der Waals surface area (Å²) in [5, 5.41) is 13.8. The molecule has 1 heterocycles. The molecule has 0 aliphatic heterocycles. The first kappa shape index (κ1) is 13.3. The van der Waals surface area contributed by atoms with Crippen LogP contribution in [0.15, 0.2) is 12.4 Å². The summed E-state index contributed by atoms with van der Waals surface area (Å²) in [5.74, 6) is 0.717. The third-order valence-corrected chi connectivity index (χ3v) is 3.04. The zero-order valence-corrected chi connectivity index (χ0v) is 10.8. The highest BCUT2D eigenvalue weighted by atomic mass is 16.6. The highest BCUT2D eigenvalue weighted by Gasteiger charge is 2.43. The van der Waals surface area contributed by atoms with E-state index in [1.54, 1.807) is 18.0 Å². The van der Waals surface area contributed by atoms with Crippen molar-refractivity contribution < 1.29 is 19.3 Å². The fraction of sp³-hybridized carbons (Fsp3) is 0.750. The molecule has 102 valence electrons. The summed E-state index contributed by atoms with van der Waals surface area (Å²) in [7, 11) is 1.62. The molecule has 0 spiro atoms. The summed E-state index contributed by atoms with van der Waals surface area (Å²) in [5.41, 5.74) is 0. The van der Waals surface area contributed by atoms with Gasteiger partial charge in [0, 0.05) is 20.1 Å². The Kier molecular flexibility index (Phi) is 4.57. The first-order chi connectivity index (χ1) is 8.74. The molecule has 1 saturated carbocycles. The maximum atomic E-state index is 9.64. The van der Waals surface area contributed by atoms with E-state index in [9.17, 15) is 5.11 Å². The molecule has 3 unspecified atom stereocenters. The van der Waals surface area contributed by atoms with Crippen LogP contribution in [-0.2, 0) is 16.0 Å². The Labute approximate surface area is 106 Å². The molecule has 0 radical (unpaired) electrons. The number of aryl methyl sites for hydroxylation is 1. The quantitative estimate of drug-likeness (QED) is 0.717. The summed E-state index contributed by atoms with van der Waals surface area (Å²) in [6.45, 7) is 3.81. The van der Waals surface area contributed by atoms with Gasteiger partial charge in [-0.15, -0.1) is 0 Å². The molecule has 2 rings (SSSR count). The van der Waals surface area contributed by atoms with Gasteiger partial charge in [-0.05, 0) is 6.92 Å². The smallest absolute Gasteiger partial charge is 0.157 e. The number of aliphatic hydroxyl groups excluding tert-OH is 1. The largest absolute Gasteiger partial charge is 0.484 e. The lowest BCUT2D eigenvalue weighted by Crippen LogP contribution is -2.55. The second kappa shape index (κ2) is 6.17. The Morgan fingerprint density at radius 3 is 2.94 bits per heavy atom. The van der Waals surface area contributed by atoms with Crippen molar-refractivity contribution in [1.29, 1.82) is 0 Å². The second-order valence-corrected chi connectivity index (χ2v) is 4.32. The highest BCUT2D eigenvalue weighted by Crippen LogP contribution is 2.28. The Morgan fingerprint density at radius 2 is 2.33 bits per heavy atom. The number of ether oxygens (including phenoxy) is 3. The Hall–Kier alpha value is -1.11. The van der Waals surface area contributed by atoms with E-state index in [2.05, 4.69) is 5.10 Å². The number of rotatable bonds is 7. The lowest BCUT2D eigenvalue weighted by molar-refractivity contribution is -0.167. The van der Waals surface area contributed by atoms with E-state index in [-0.39, 0.29) is 12.2 Å². The molecule has 0 saturated heterocycles. The van der Waals surface area contributed by atoms with Crippen LogP contribution in [-0.4, -0.2) is 53.5 Å². The number of hydrogen-bond donors (Lipinski definition) is 1. The van der Waals surface area contributed by atoms with Crippen LogP contribution in [0.2, 0.25) is 0 Å². The molecular weight excluding hydrogens is 236 g/mol. The Morgan fingerprint density at radius 1 is 1.50 bits per heavy atom. The average Bonchev–Trinajstić information content (AvgIpc) is 2.82. The van der Waals surface area contributed by atoms with Crippen molar-refractivity contribution >= 4 is 0 Å². The summed E-state index contributed by atoms with van der Waals surface area (Å²) >= 11 is 0. The van der Waals surface area contributed by atoms with Gasteiger partial charge in [0.1, 0.15) is 12.2 Å². The SMILES string of the molecule is CCn1cc(OC2CC(O)C2OCCOC)cn1. The monoisotopic (exact) mass is 256 g/mol. The molecule has 0 bridgehead atoms. The van der Waals surface area contributed by atoms with Gasteiger partial charge in [0.2, 0.25) is 0 Å². The van der Waals surface area contributed by atoms with Crippen LogP contribution >= 0.6 is 0 Å². The fourth-order valence-electron chi connectivity index (χ4n) is 1.91. The molecule has 1 aromatic rings. The van der Waals surface area contributed by atoms with Crippen molar-refractivity contribution in [3.8, 4) is 5.75 Å². The van der Waals surface area contributed by atoms with E-state index in [4.69, 9.17) is 14.2 Å². The van der Waals surface area contributed by atoms with Crippen molar-refractivity contribution in [3.63, 3.8) is 0 Å². The minimum atomic E-state index is -0.451. The van der Waals surface area contributed by atoms with Crippen LogP contribution in [0.1, 0.15) is 13.3 Å². The lowest BCUT2D eigenvalue weighted by Gasteiger charge is -2.40. The van der Waals surface area contributed by atoms with Gasteiger partial charge < -0.3 is 19.3 Å². The van der Waals surface area contributed by atoms with Crippen LogP contribution in [0, 0.1) is 0 Å². The zero-order valence-electron chi connectivity index (χ0n) is 10.8. The number of nitrogens with zero attached hydrogens (tertiary/aromatic N) is 2. The highest BCUT2D eigenvalue weighted by molar-refractivity contribution is 5.14. The molecule has 1 aliphatic rings. The lowest BCUT2D eigenvalue weighted by atomic mass is 9.88. The molecule has 1 aromatic heterocycles. The molecule has 1 fully saturated rings. The molecule has 6 nitrogen and oxygen atoms in total. The maximum Gasteiger partial charge on any atom is 0.157 e. The van der Waals surface area contributed by atoms with Gasteiger partial charge in [-0.3, -0.25) is 4.68 Å². The standard InChI is InChI=1S/C12H20N2O4/c1-3-14-8-9(7-13-14)18-11-6-10(15)12(11)17-5-4-16-2/h7-8,10-12,15H,3-6H2,1-2H3. The number of aliphatic hydroxyl groups is 1. The predicted molar refractivity (Wildman–Crippen MR) is 64.6 cm³/mol. The normalized spacial score (nSPS) is 26.9. The number of methoxy groups -OCH3 is 1. The van der Waals surface area contributed by atoms with Gasteiger partial charge >= 0.3 is 0 Å². The van der Waals surface area contributed by atoms with Crippen LogP contribution in [0.4, 0.5) is 0 Å². The van der Waals surface area contributed by atoms with Crippen molar-refractivity contribution in [2.24, 2.45) is 0 Å². The summed E-state index contributed by atoms with van der Waals surface area (Å²) in [4.78, 5) is 0. The van der Waals surface area contributed by atoms with E-state index < -0.39 is 6.10 Å². The van der Waals surface area contributed by atoms with Crippen LogP contribution < -0.4 is 4.74 Å². The first-order valence-corrected chi connectivity index (χ1v) is 6.22. The number of aromatic nitrogens is 2. The van der Waals surface area contributed by atoms with Gasteiger partial charge in [-0.1, -0.05) is 0 Å². The van der Waals surface area contributed by atoms with Crippen LogP contribution in [0.5, 0.6) is 5.75 Å². The minimum Gasteiger partial charge on any atom is -0.484 e. The maximum absolute atomic E-state index is 9.64. The predicted octanol–water partition coefficient (Wildman–Crippen LogP) is 0.447. The van der Waals surface area contributed by atoms with Crippen molar-refractivity contribution in [1.82, 2.24) is 9.78 Å². The van der Waals surface area contributed by atoms with E-state index in [0.29, 0.717) is 25.4 Å². The first-order valence-electron chi connectivity index (χ1n) is 6.22. The van der Waals surface area contributed by atoms with Crippen LogP contribution in [0.25, 0.3) is 0 Å². The third-order valence-electron chi connectivity index (χ3n) is 3.04. The molecule has 3 atom stereocenters. The molecule has 1 aliphatic carbocycles. The van der Waals surface area contributed by atoms with E-state index >= 15 is 0 Å². The van der Waals surface area contributed by atoms with Gasteiger partial charge in [0.15, 0.2) is 5.75 Å². The molecule has 18 heavy (non-hydrogen) atoms. The fourth-order valence-corrected chi connectivity index (χ4v) is 1.91. The summed E-state index contributed by atoms with van der Waals surface area (Å²) < 4.78 is 18.0. The van der Waals surface area contributed by atoms with Gasteiger partial charge in [0.25, 0.3) is 0 Å².